The number of hydrogen-bond acceptors (Lipinski definition) is 5. The van der Waals surface area contributed by atoms with Gasteiger partial charge in [0.25, 0.3) is 5.91 Å². The molecule has 2 heterocycles. The Labute approximate surface area is 149 Å². The van der Waals surface area contributed by atoms with E-state index in [-0.39, 0.29) is 11.8 Å². The minimum atomic E-state index is -0.281. The molecule has 1 aromatic carbocycles. The molecule has 0 fully saturated rings. The fraction of sp³-hybridized carbons (Fsp3) is 0.250. The van der Waals surface area contributed by atoms with Gasteiger partial charge in [-0.05, 0) is 25.1 Å². The summed E-state index contributed by atoms with van der Waals surface area (Å²) in [4.78, 5) is 20.3. The minimum absolute atomic E-state index is 0.0646. The molecule has 8 heteroatoms. The maximum atomic E-state index is 12.3. The average molecular weight is 364 g/mol. The molecule has 3 rings (SSSR count). The highest BCUT2D eigenvalue weighted by atomic mass is 35.5. The summed E-state index contributed by atoms with van der Waals surface area (Å²) in [5.41, 5.74) is 1.21. The van der Waals surface area contributed by atoms with E-state index in [9.17, 15) is 4.79 Å². The van der Waals surface area contributed by atoms with Crippen LogP contribution in [-0.2, 0) is 0 Å². The van der Waals surface area contributed by atoms with E-state index in [1.807, 2.05) is 13.0 Å². The molecule has 1 N–H and O–H groups in total. The third kappa shape index (κ3) is 3.49. The van der Waals surface area contributed by atoms with E-state index >= 15 is 0 Å². The number of nitrogens with one attached hydrogen (secondary N) is 1. The summed E-state index contributed by atoms with van der Waals surface area (Å²) in [5, 5.41) is 10.0. The second-order valence-corrected chi connectivity index (χ2v) is 6.35. The lowest BCUT2D eigenvalue weighted by Gasteiger charge is -2.14. The number of benzene rings is 1. The highest BCUT2D eigenvalue weighted by molar-refractivity contribution is 6.42. The van der Waals surface area contributed by atoms with Gasteiger partial charge in [-0.25, -0.2) is 9.97 Å². The number of carbonyl (C=O) groups excluding carboxylic acids is 1. The fourth-order valence-corrected chi connectivity index (χ4v) is 2.56. The summed E-state index contributed by atoms with van der Waals surface area (Å²) < 4.78 is 0. The Hall–Kier alpha value is -2.18. The van der Waals surface area contributed by atoms with Crippen LogP contribution in [0, 0.1) is 12.8 Å². The van der Waals surface area contributed by atoms with Gasteiger partial charge in [0.1, 0.15) is 11.7 Å². The van der Waals surface area contributed by atoms with E-state index in [4.69, 9.17) is 23.2 Å². The van der Waals surface area contributed by atoms with Gasteiger partial charge in [-0.2, -0.15) is 5.10 Å². The van der Waals surface area contributed by atoms with Crippen LogP contribution in [0.4, 0.5) is 5.69 Å². The standard InChI is InChI=1S/C16H15Cl2N5O/c1-9-8-23(12-3-4-13(17)14(18)5-12)22-15(9)21-16(24)11-6-19-10(2)20-7-11/h3-7,9H,8H2,1-2H3,(H,21,22,24)/t9-/m0/s1. The summed E-state index contributed by atoms with van der Waals surface area (Å²) in [7, 11) is 0. The number of hydrogen-bond donors (Lipinski definition) is 1. The monoisotopic (exact) mass is 363 g/mol. The zero-order valence-electron chi connectivity index (χ0n) is 13.1. The van der Waals surface area contributed by atoms with Gasteiger partial charge in [-0.15, -0.1) is 0 Å². The van der Waals surface area contributed by atoms with Crippen molar-refractivity contribution in [3.8, 4) is 0 Å². The number of amides is 1. The number of nitrogens with zero attached hydrogens (tertiary/aromatic N) is 4. The number of aromatic nitrogens is 2. The molecule has 1 aliphatic heterocycles. The molecule has 0 saturated carbocycles. The number of amidine groups is 1. The average Bonchev–Trinajstić information content (AvgIpc) is 2.91. The predicted molar refractivity (Wildman–Crippen MR) is 94.6 cm³/mol. The van der Waals surface area contributed by atoms with Gasteiger partial charge < -0.3 is 5.32 Å². The van der Waals surface area contributed by atoms with Crippen molar-refractivity contribution in [1.29, 1.82) is 0 Å². The second-order valence-electron chi connectivity index (χ2n) is 5.54. The molecule has 0 radical (unpaired) electrons. The van der Waals surface area contributed by atoms with Crippen LogP contribution in [0.5, 0.6) is 0 Å². The summed E-state index contributed by atoms with van der Waals surface area (Å²) in [6.45, 7) is 4.39. The van der Waals surface area contributed by atoms with Gasteiger partial charge in [-0.1, -0.05) is 30.1 Å². The largest absolute Gasteiger partial charge is 0.308 e. The van der Waals surface area contributed by atoms with Crippen LogP contribution >= 0.6 is 23.2 Å². The van der Waals surface area contributed by atoms with Crippen molar-refractivity contribution in [2.45, 2.75) is 13.8 Å². The lowest BCUT2D eigenvalue weighted by atomic mass is 10.1. The number of aryl methyl sites for hydroxylation is 1. The summed E-state index contributed by atoms with van der Waals surface area (Å²) in [5.74, 6) is 0.988. The van der Waals surface area contributed by atoms with Crippen molar-refractivity contribution in [2.75, 3.05) is 11.6 Å². The molecule has 0 saturated heterocycles. The van der Waals surface area contributed by atoms with Crippen LogP contribution in [0.2, 0.25) is 10.0 Å². The highest BCUT2D eigenvalue weighted by Crippen LogP contribution is 2.29. The molecule has 124 valence electrons. The van der Waals surface area contributed by atoms with Crippen molar-refractivity contribution in [3.63, 3.8) is 0 Å². The Bertz CT molecular complexity index is 807. The fourth-order valence-electron chi connectivity index (χ4n) is 2.27. The van der Waals surface area contributed by atoms with Gasteiger partial charge >= 0.3 is 0 Å². The summed E-state index contributed by atoms with van der Waals surface area (Å²) in [6.07, 6.45) is 2.99. The molecule has 1 aliphatic rings. The molecule has 0 bridgehead atoms. The van der Waals surface area contributed by atoms with Gasteiger partial charge in [0, 0.05) is 18.3 Å². The number of rotatable bonds is 2. The maximum Gasteiger partial charge on any atom is 0.259 e. The van der Waals surface area contributed by atoms with Gasteiger partial charge in [0.15, 0.2) is 0 Å². The van der Waals surface area contributed by atoms with E-state index in [0.717, 1.165) is 5.69 Å². The Morgan fingerprint density at radius 3 is 2.62 bits per heavy atom. The topological polar surface area (TPSA) is 70.5 Å². The Morgan fingerprint density at radius 1 is 1.25 bits per heavy atom. The molecule has 6 nitrogen and oxygen atoms in total. The van der Waals surface area contributed by atoms with E-state index in [1.165, 1.54) is 12.4 Å². The molecular formula is C16H15Cl2N5O. The quantitative estimate of drug-likeness (QED) is 0.888. The lowest BCUT2D eigenvalue weighted by Crippen LogP contribution is -2.33. The third-order valence-corrected chi connectivity index (χ3v) is 4.37. The van der Waals surface area contributed by atoms with Crippen molar-refractivity contribution in [2.24, 2.45) is 11.0 Å². The molecule has 1 aromatic heterocycles. The molecule has 1 atom stereocenters. The van der Waals surface area contributed by atoms with Crippen LogP contribution in [0.25, 0.3) is 0 Å². The number of halogens is 2. The van der Waals surface area contributed by atoms with Crippen LogP contribution < -0.4 is 10.3 Å². The molecule has 2 aromatic rings. The Morgan fingerprint density at radius 2 is 1.96 bits per heavy atom. The van der Waals surface area contributed by atoms with Crippen molar-refractivity contribution in [1.82, 2.24) is 15.3 Å². The van der Waals surface area contributed by atoms with E-state index in [1.54, 1.807) is 24.1 Å². The van der Waals surface area contributed by atoms with Gasteiger partial charge in [-0.3, -0.25) is 9.80 Å². The smallest absolute Gasteiger partial charge is 0.259 e. The van der Waals surface area contributed by atoms with Crippen molar-refractivity contribution in [3.05, 3.63) is 52.0 Å². The molecule has 0 unspecified atom stereocenters. The molecule has 0 aliphatic carbocycles. The van der Waals surface area contributed by atoms with Crippen LogP contribution in [0.3, 0.4) is 0 Å². The predicted octanol–water partition coefficient (Wildman–Crippen LogP) is 3.29. The number of hydrazone groups is 1. The maximum absolute atomic E-state index is 12.3. The third-order valence-electron chi connectivity index (χ3n) is 3.63. The van der Waals surface area contributed by atoms with E-state index in [2.05, 4.69) is 20.4 Å². The first-order chi connectivity index (χ1) is 11.4. The first kappa shape index (κ1) is 16.7. The van der Waals surface area contributed by atoms with Gasteiger partial charge in [0.2, 0.25) is 0 Å². The van der Waals surface area contributed by atoms with Crippen molar-refractivity contribution >= 4 is 40.6 Å². The lowest BCUT2D eigenvalue weighted by molar-refractivity contribution is 0.0975. The van der Waals surface area contributed by atoms with E-state index < -0.39 is 0 Å². The second kappa shape index (κ2) is 6.75. The SMILES string of the molecule is Cc1ncc(C(=O)NC2=NN(c3ccc(Cl)c(Cl)c3)C[C@@H]2C)cn1. The molecule has 1 amide bonds. The Balaban J connectivity index is 1.76. The van der Waals surface area contributed by atoms with Crippen LogP contribution in [0.1, 0.15) is 23.1 Å². The highest BCUT2D eigenvalue weighted by Gasteiger charge is 2.26. The Kier molecular flexibility index (Phi) is 4.69. The first-order valence-corrected chi connectivity index (χ1v) is 8.10. The summed E-state index contributed by atoms with van der Waals surface area (Å²) in [6, 6.07) is 5.31. The van der Waals surface area contributed by atoms with Crippen LogP contribution in [0.15, 0.2) is 35.7 Å². The summed E-state index contributed by atoms with van der Waals surface area (Å²) >= 11 is 12.0. The minimum Gasteiger partial charge on any atom is -0.308 e. The van der Waals surface area contributed by atoms with E-state index in [0.29, 0.717) is 33.8 Å². The van der Waals surface area contributed by atoms with Crippen LogP contribution in [-0.4, -0.2) is 28.3 Å². The number of anilines is 1. The normalized spacial score (nSPS) is 16.9. The first-order valence-electron chi connectivity index (χ1n) is 7.35. The zero-order chi connectivity index (χ0) is 17.3. The van der Waals surface area contributed by atoms with Gasteiger partial charge in [0.05, 0.1) is 27.8 Å². The van der Waals surface area contributed by atoms with Crippen molar-refractivity contribution < 1.29 is 4.79 Å². The zero-order valence-corrected chi connectivity index (χ0v) is 14.6. The molecule has 0 spiro atoms. The molecular weight excluding hydrogens is 349 g/mol. The molecule has 24 heavy (non-hydrogen) atoms. The number of carbonyl (C=O) groups is 1.